The molecule has 0 unspecified atom stereocenters. The van der Waals surface area contributed by atoms with Crippen molar-refractivity contribution in [3.63, 3.8) is 0 Å². The third kappa shape index (κ3) is 3.09. The number of rotatable bonds is 4. The SMILES string of the molecule is COc1cc(NC(=O)c2ccon2)ccc1S(=O)(=O)Cl. The van der Waals surface area contributed by atoms with Gasteiger partial charge in [0.25, 0.3) is 15.0 Å². The van der Waals surface area contributed by atoms with Crippen LogP contribution in [0.3, 0.4) is 0 Å². The molecule has 0 bridgehead atoms. The summed E-state index contributed by atoms with van der Waals surface area (Å²) in [5.41, 5.74) is 0.428. The van der Waals surface area contributed by atoms with Crippen LogP contribution in [-0.4, -0.2) is 26.6 Å². The van der Waals surface area contributed by atoms with Crippen molar-refractivity contribution in [2.24, 2.45) is 0 Å². The number of amides is 1. The number of anilines is 1. The highest BCUT2D eigenvalue weighted by Crippen LogP contribution is 2.29. The van der Waals surface area contributed by atoms with Crippen LogP contribution in [0.25, 0.3) is 0 Å². The Hall–Kier alpha value is -2.06. The van der Waals surface area contributed by atoms with Crippen molar-refractivity contribution in [1.82, 2.24) is 5.16 Å². The summed E-state index contributed by atoms with van der Waals surface area (Å²) in [4.78, 5) is 11.6. The van der Waals surface area contributed by atoms with Crippen LogP contribution >= 0.6 is 10.7 Å². The van der Waals surface area contributed by atoms with E-state index in [0.717, 1.165) is 0 Å². The minimum Gasteiger partial charge on any atom is -0.495 e. The maximum absolute atomic E-state index is 11.7. The van der Waals surface area contributed by atoms with Gasteiger partial charge in [0.2, 0.25) is 0 Å². The number of aromatic nitrogens is 1. The average Bonchev–Trinajstić information content (AvgIpc) is 2.91. The Morgan fingerprint density at radius 1 is 1.40 bits per heavy atom. The molecule has 9 heteroatoms. The van der Waals surface area contributed by atoms with Crippen LogP contribution in [0.5, 0.6) is 5.75 Å². The van der Waals surface area contributed by atoms with Gasteiger partial charge in [-0.1, -0.05) is 5.16 Å². The lowest BCUT2D eigenvalue weighted by Crippen LogP contribution is -2.12. The molecule has 106 valence electrons. The first-order valence-electron chi connectivity index (χ1n) is 5.26. The van der Waals surface area contributed by atoms with Gasteiger partial charge in [-0.2, -0.15) is 0 Å². The standard InChI is InChI=1S/C11H9ClN2O5S/c1-18-9-6-7(2-3-10(9)20(12,16)17)13-11(15)8-4-5-19-14-8/h2-6H,1H3,(H,13,15). The summed E-state index contributed by atoms with van der Waals surface area (Å²) in [6.45, 7) is 0. The third-order valence-corrected chi connectivity index (χ3v) is 3.72. The number of methoxy groups -OCH3 is 1. The molecule has 7 nitrogen and oxygen atoms in total. The van der Waals surface area contributed by atoms with E-state index < -0.39 is 15.0 Å². The Kier molecular flexibility index (Phi) is 3.96. The molecule has 0 saturated carbocycles. The molecular weight excluding hydrogens is 308 g/mol. The molecule has 1 heterocycles. The quantitative estimate of drug-likeness (QED) is 0.864. The van der Waals surface area contributed by atoms with Crippen LogP contribution in [0.1, 0.15) is 10.5 Å². The van der Waals surface area contributed by atoms with Crippen molar-refractivity contribution in [2.45, 2.75) is 4.90 Å². The molecule has 1 aromatic carbocycles. The van der Waals surface area contributed by atoms with Crippen LogP contribution in [0.2, 0.25) is 0 Å². The molecular formula is C11H9ClN2O5S. The van der Waals surface area contributed by atoms with E-state index in [1.807, 2.05) is 0 Å². The minimum absolute atomic E-state index is 0.0259. The molecule has 0 aliphatic rings. The zero-order valence-corrected chi connectivity index (χ0v) is 11.7. The maximum Gasteiger partial charge on any atom is 0.277 e. The monoisotopic (exact) mass is 316 g/mol. The van der Waals surface area contributed by atoms with E-state index in [9.17, 15) is 13.2 Å². The summed E-state index contributed by atoms with van der Waals surface area (Å²) in [5.74, 6) is -0.472. The Labute approximate surface area is 118 Å². The number of nitrogens with zero attached hydrogens (tertiary/aromatic N) is 1. The Morgan fingerprint density at radius 2 is 2.15 bits per heavy atom. The van der Waals surface area contributed by atoms with Gasteiger partial charge in [0, 0.05) is 28.5 Å². The first kappa shape index (κ1) is 14.4. The van der Waals surface area contributed by atoms with Gasteiger partial charge < -0.3 is 14.6 Å². The van der Waals surface area contributed by atoms with Gasteiger partial charge in [-0.05, 0) is 12.1 Å². The molecule has 1 aromatic heterocycles. The van der Waals surface area contributed by atoms with Gasteiger partial charge >= 0.3 is 0 Å². The molecule has 0 spiro atoms. The fourth-order valence-electron chi connectivity index (χ4n) is 1.47. The number of ether oxygens (including phenoxy) is 1. The second-order valence-electron chi connectivity index (χ2n) is 3.64. The average molecular weight is 317 g/mol. The smallest absolute Gasteiger partial charge is 0.277 e. The molecule has 0 fully saturated rings. The summed E-state index contributed by atoms with van der Waals surface area (Å²) in [5, 5.41) is 5.99. The van der Waals surface area contributed by atoms with Gasteiger partial charge in [-0.15, -0.1) is 0 Å². The highest BCUT2D eigenvalue weighted by Gasteiger charge is 2.18. The summed E-state index contributed by atoms with van der Waals surface area (Å²) < 4.78 is 32.1. The summed E-state index contributed by atoms with van der Waals surface area (Å²) in [7, 11) is 2.63. The Morgan fingerprint density at radius 3 is 2.70 bits per heavy atom. The van der Waals surface area contributed by atoms with E-state index >= 15 is 0 Å². The highest BCUT2D eigenvalue weighted by atomic mass is 35.7. The van der Waals surface area contributed by atoms with E-state index in [0.29, 0.717) is 5.69 Å². The first-order chi connectivity index (χ1) is 9.41. The third-order valence-electron chi connectivity index (χ3n) is 2.35. The number of hydrogen-bond donors (Lipinski definition) is 1. The molecule has 0 aliphatic carbocycles. The van der Waals surface area contributed by atoms with Crippen molar-refractivity contribution in [1.29, 1.82) is 0 Å². The van der Waals surface area contributed by atoms with E-state index in [2.05, 4.69) is 15.0 Å². The maximum atomic E-state index is 11.7. The molecule has 2 rings (SSSR count). The number of nitrogens with one attached hydrogen (secondary N) is 1. The van der Waals surface area contributed by atoms with Crippen molar-refractivity contribution < 1.29 is 22.5 Å². The number of hydrogen-bond acceptors (Lipinski definition) is 6. The lowest BCUT2D eigenvalue weighted by Gasteiger charge is -2.08. The topological polar surface area (TPSA) is 98.5 Å². The van der Waals surface area contributed by atoms with Crippen molar-refractivity contribution in [3.05, 3.63) is 36.2 Å². The van der Waals surface area contributed by atoms with Crippen LogP contribution in [0, 0.1) is 0 Å². The number of halogens is 1. The van der Waals surface area contributed by atoms with Crippen molar-refractivity contribution in [2.75, 3.05) is 12.4 Å². The predicted molar refractivity (Wildman–Crippen MR) is 70.5 cm³/mol. The van der Waals surface area contributed by atoms with Gasteiger partial charge in [0.15, 0.2) is 5.69 Å². The van der Waals surface area contributed by atoms with Crippen molar-refractivity contribution in [3.8, 4) is 5.75 Å². The number of benzene rings is 1. The summed E-state index contributed by atoms with van der Waals surface area (Å²) in [6.07, 6.45) is 1.26. The molecule has 0 atom stereocenters. The fourth-order valence-corrected chi connectivity index (χ4v) is 2.47. The fraction of sp³-hybridized carbons (Fsp3) is 0.0909. The van der Waals surface area contributed by atoms with E-state index in [1.54, 1.807) is 0 Å². The molecule has 2 aromatic rings. The zero-order valence-electron chi connectivity index (χ0n) is 10.2. The van der Waals surface area contributed by atoms with Gasteiger partial charge in [0.1, 0.15) is 16.9 Å². The minimum atomic E-state index is -3.93. The van der Waals surface area contributed by atoms with E-state index in [1.165, 1.54) is 37.6 Å². The van der Waals surface area contributed by atoms with Gasteiger partial charge in [-0.25, -0.2) is 8.42 Å². The molecule has 0 aliphatic heterocycles. The molecule has 1 amide bonds. The van der Waals surface area contributed by atoms with E-state index in [4.69, 9.17) is 15.4 Å². The van der Waals surface area contributed by atoms with Crippen molar-refractivity contribution >= 4 is 31.3 Å². The molecule has 1 N–H and O–H groups in total. The summed E-state index contributed by atoms with van der Waals surface area (Å²) in [6, 6.07) is 5.35. The highest BCUT2D eigenvalue weighted by molar-refractivity contribution is 8.13. The van der Waals surface area contributed by atoms with E-state index in [-0.39, 0.29) is 16.3 Å². The summed E-state index contributed by atoms with van der Waals surface area (Å²) >= 11 is 0. The Bertz CT molecular complexity index is 727. The Balaban J connectivity index is 2.29. The van der Waals surface area contributed by atoms with Crippen LogP contribution in [0.4, 0.5) is 5.69 Å². The van der Waals surface area contributed by atoms with Crippen LogP contribution in [0.15, 0.2) is 39.9 Å². The second kappa shape index (κ2) is 5.51. The zero-order chi connectivity index (χ0) is 14.8. The number of carbonyl (C=O) groups excluding carboxylic acids is 1. The molecule has 0 radical (unpaired) electrons. The van der Waals surface area contributed by atoms with Gasteiger partial charge in [-0.3, -0.25) is 4.79 Å². The predicted octanol–water partition coefficient (Wildman–Crippen LogP) is 1.86. The van der Waals surface area contributed by atoms with Gasteiger partial charge in [0.05, 0.1) is 7.11 Å². The first-order valence-corrected chi connectivity index (χ1v) is 7.57. The number of carbonyl (C=O) groups is 1. The second-order valence-corrected chi connectivity index (χ2v) is 6.18. The largest absolute Gasteiger partial charge is 0.495 e. The molecule has 0 saturated heterocycles. The molecule has 20 heavy (non-hydrogen) atoms. The normalized spacial score (nSPS) is 11.1. The van der Waals surface area contributed by atoms with Crippen LogP contribution < -0.4 is 10.1 Å². The van der Waals surface area contributed by atoms with Crippen LogP contribution in [-0.2, 0) is 9.05 Å². The lowest BCUT2D eigenvalue weighted by atomic mass is 10.3. The lowest BCUT2D eigenvalue weighted by molar-refractivity contribution is 0.101.